The lowest BCUT2D eigenvalue weighted by atomic mass is 10.1. The first-order chi connectivity index (χ1) is 6.50. The van der Waals surface area contributed by atoms with Crippen LogP contribution in [0.15, 0.2) is 18.2 Å². The Bertz CT molecular complexity index is 355. The molecular formula is C8H8F2N2O2. The molecule has 1 aromatic carbocycles. The average molecular weight is 202 g/mol. The molecule has 0 fully saturated rings. The molecule has 0 aliphatic heterocycles. The summed E-state index contributed by atoms with van der Waals surface area (Å²) in [5.41, 5.74) is 10.4. The third kappa shape index (κ3) is 2.32. The summed E-state index contributed by atoms with van der Waals surface area (Å²) in [4.78, 5) is 10.8. The Labute approximate surface area is 78.4 Å². The van der Waals surface area contributed by atoms with Gasteiger partial charge in [0.25, 0.3) is 5.91 Å². The maximum atomic E-state index is 11.9. The fraction of sp³-hybridized carbons (Fsp3) is 0.125. The van der Waals surface area contributed by atoms with Crippen LogP contribution in [0.3, 0.4) is 0 Å². The highest BCUT2D eigenvalue weighted by molar-refractivity contribution is 5.96. The minimum atomic E-state index is -3.00. The number of nitrogen functional groups attached to an aromatic ring is 1. The van der Waals surface area contributed by atoms with Crippen molar-refractivity contribution in [2.75, 3.05) is 5.73 Å². The van der Waals surface area contributed by atoms with E-state index in [1.165, 1.54) is 18.2 Å². The minimum Gasteiger partial charge on any atom is -0.434 e. The molecule has 0 unspecified atom stereocenters. The summed E-state index contributed by atoms with van der Waals surface area (Å²) in [5, 5.41) is 0. The van der Waals surface area contributed by atoms with E-state index in [0.717, 1.165) is 0 Å². The van der Waals surface area contributed by atoms with Gasteiger partial charge < -0.3 is 16.2 Å². The van der Waals surface area contributed by atoms with Crippen molar-refractivity contribution in [3.05, 3.63) is 23.8 Å². The van der Waals surface area contributed by atoms with Gasteiger partial charge in [-0.05, 0) is 18.2 Å². The lowest BCUT2D eigenvalue weighted by molar-refractivity contribution is -0.0501. The van der Waals surface area contributed by atoms with E-state index in [1.807, 2.05) is 0 Å². The molecule has 0 aromatic heterocycles. The molecule has 4 N–H and O–H groups in total. The molecular weight excluding hydrogens is 194 g/mol. The summed E-state index contributed by atoms with van der Waals surface area (Å²) >= 11 is 0. The predicted molar refractivity (Wildman–Crippen MR) is 46.0 cm³/mol. The quantitative estimate of drug-likeness (QED) is 0.717. The lowest BCUT2D eigenvalue weighted by Gasteiger charge is -2.08. The summed E-state index contributed by atoms with van der Waals surface area (Å²) in [6.07, 6.45) is 0. The van der Waals surface area contributed by atoms with Crippen LogP contribution in [0, 0.1) is 0 Å². The molecule has 76 valence electrons. The highest BCUT2D eigenvalue weighted by atomic mass is 19.3. The number of rotatable bonds is 3. The molecule has 0 heterocycles. The number of halogens is 2. The van der Waals surface area contributed by atoms with E-state index >= 15 is 0 Å². The number of hydrogen-bond donors (Lipinski definition) is 2. The number of amides is 1. The van der Waals surface area contributed by atoms with Crippen LogP contribution in [0.4, 0.5) is 14.5 Å². The van der Waals surface area contributed by atoms with Crippen molar-refractivity contribution in [2.45, 2.75) is 6.61 Å². The number of ether oxygens (including phenoxy) is 1. The average Bonchev–Trinajstić information content (AvgIpc) is 2.07. The lowest BCUT2D eigenvalue weighted by Crippen LogP contribution is -2.15. The van der Waals surface area contributed by atoms with E-state index in [-0.39, 0.29) is 17.0 Å². The summed E-state index contributed by atoms with van der Waals surface area (Å²) in [5.74, 6) is -1.14. The third-order valence-electron chi connectivity index (χ3n) is 1.49. The van der Waals surface area contributed by atoms with Crippen molar-refractivity contribution in [2.24, 2.45) is 5.73 Å². The Balaban J connectivity index is 3.08. The van der Waals surface area contributed by atoms with Crippen LogP contribution in [-0.2, 0) is 0 Å². The summed E-state index contributed by atoms with van der Waals surface area (Å²) in [7, 11) is 0. The van der Waals surface area contributed by atoms with Crippen LogP contribution in [0.5, 0.6) is 5.75 Å². The molecule has 4 nitrogen and oxygen atoms in total. The van der Waals surface area contributed by atoms with E-state index in [0.29, 0.717) is 0 Å². The van der Waals surface area contributed by atoms with Crippen LogP contribution in [0.25, 0.3) is 0 Å². The van der Waals surface area contributed by atoms with Gasteiger partial charge in [-0.15, -0.1) is 0 Å². The van der Waals surface area contributed by atoms with Gasteiger partial charge in [-0.1, -0.05) is 0 Å². The highest BCUT2D eigenvalue weighted by Gasteiger charge is 2.13. The zero-order valence-electron chi connectivity index (χ0n) is 7.04. The van der Waals surface area contributed by atoms with Gasteiger partial charge in [0, 0.05) is 5.69 Å². The normalized spacial score (nSPS) is 10.2. The number of benzene rings is 1. The van der Waals surface area contributed by atoms with Crippen molar-refractivity contribution in [3.63, 3.8) is 0 Å². The van der Waals surface area contributed by atoms with Gasteiger partial charge in [-0.2, -0.15) is 8.78 Å². The molecule has 0 spiro atoms. The third-order valence-corrected chi connectivity index (χ3v) is 1.49. The smallest absolute Gasteiger partial charge is 0.387 e. The molecule has 0 aliphatic carbocycles. The van der Waals surface area contributed by atoms with Gasteiger partial charge in [-0.3, -0.25) is 4.79 Å². The standard InChI is InChI=1S/C8H8F2N2O2/c9-8(10)14-6-2-1-4(11)3-5(6)7(12)13/h1-3,8H,11H2,(H2,12,13). The molecule has 0 saturated carbocycles. The minimum absolute atomic E-state index is 0.162. The monoisotopic (exact) mass is 202 g/mol. The molecule has 6 heteroatoms. The number of hydrogen-bond acceptors (Lipinski definition) is 3. The Morgan fingerprint density at radius 2 is 2.07 bits per heavy atom. The maximum absolute atomic E-state index is 11.9. The first kappa shape index (κ1) is 10.2. The Hall–Kier alpha value is -1.85. The number of nitrogens with two attached hydrogens (primary N) is 2. The van der Waals surface area contributed by atoms with E-state index < -0.39 is 12.5 Å². The van der Waals surface area contributed by atoms with Crippen LogP contribution in [-0.4, -0.2) is 12.5 Å². The number of anilines is 1. The van der Waals surface area contributed by atoms with Crippen LogP contribution >= 0.6 is 0 Å². The summed E-state index contributed by atoms with van der Waals surface area (Å²) < 4.78 is 27.8. The molecule has 1 rings (SSSR count). The van der Waals surface area contributed by atoms with E-state index in [9.17, 15) is 13.6 Å². The van der Waals surface area contributed by atoms with Crippen molar-refractivity contribution in [3.8, 4) is 5.75 Å². The molecule has 0 atom stereocenters. The molecule has 1 amide bonds. The topological polar surface area (TPSA) is 78.3 Å². The Kier molecular flexibility index (Phi) is 2.85. The molecule has 0 bridgehead atoms. The number of carbonyl (C=O) groups excluding carboxylic acids is 1. The van der Waals surface area contributed by atoms with Gasteiger partial charge in [0.1, 0.15) is 5.75 Å². The van der Waals surface area contributed by atoms with Gasteiger partial charge in [0.15, 0.2) is 0 Å². The zero-order valence-corrected chi connectivity index (χ0v) is 7.04. The first-order valence-electron chi connectivity index (χ1n) is 3.65. The van der Waals surface area contributed by atoms with Gasteiger partial charge in [0.2, 0.25) is 0 Å². The number of alkyl halides is 2. The van der Waals surface area contributed by atoms with E-state index in [1.54, 1.807) is 0 Å². The zero-order chi connectivity index (χ0) is 10.7. The van der Waals surface area contributed by atoms with Crippen LogP contribution < -0.4 is 16.2 Å². The van der Waals surface area contributed by atoms with Crippen molar-refractivity contribution < 1.29 is 18.3 Å². The summed E-state index contributed by atoms with van der Waals surface area (Å²) in [6.45, 7) is -3.00. The van der Waals surface area contributed by atoms with Crippen molar-refractivity contribution in [1.29, 1.82) is 0 Å². The molecule has 0 saturated heterocycles. The molecule has 14 heavy (non-hydrogen) atoms. The van der Waals surface area contributed by atoms with Crippen LogP contribution in [0.2, 0.25) is 0 Å². The number of primary amides is 1. The first-order valence-corrected chi connectivity index (χ1v) is 3.65. The number of carbonyl (C=O) groups is 1. The fourth-order valence-electron chi connectivity index (χ4n) is 0.939. The molecule has 1 aromatic rings. The predicted octanol–water partition coefficient (Wildman–Crippen LogP) is 0.969. The second kappa shape index (κ2) is 3.91. The SMILES string of the molecule is NC(=O)c1cc(N)ccc1OC(F)F. The molecule has 0 aliphatic rings. The van der Waals surface area contributed by atoms with E-state index in [4.69, 9.17) is 11.5 Å². The van der Waals surface area contributed by atoms with Crippen molar-refractivity contribution in [1.82, 2.24) is 0 Å². The van der Waals surface area contributed by atoms with Gasteiger partial charge in [-0.25, -0.2) is 0 Å². The highest BCUT2D eigenvalue weighted by Crippen LogP contribution is 2.22. The van der Waals surface area contributed by atoms with Gasteiger partial charge >= 0.3 is 6.61 Å². The largest absolute Gasteiger partial charge is 0.434 e. The second-order valence-corrected chi connectivity index (χ2v) is 2.50. The van der Waals surface area contributed by atoms with Crippen molar-refractivity contribution >= 4 is 11.6 Å². The summed E-state index contributed by atoms with van der Waals surface area (Å²) in [6, 6.07) is 3.69. The Morgan fingerprint density at radius 1 is 1.43 bits per heavy atom. The Morgan fingerprint density at radius 3 is 2.57 bits per heavy atom. The fourth-order valence-corrected chi connectivity index (χ4v) is 0.939. The van der Waals surface area contributed by atoms with Gasteiger partial charge in [0.05, 0.1) is 5.56 Å². The molecule has 0 radical (unpaired) electrons. The van der Waals surface area contributed by atoms with E-state index in [2.05, 4.69) is 4.74 Å². The van der Waals surface area contributed by atoms with Crippen LogP contribution in [0.1, 0.15) is 10.4 Å². The second-order valence-electron chi connectivity index (χ2n) is 2.50. The maximum Gasteiger partial charge on any atom is 0.387 e.